The molecule has 7 rings (SSSR count). The van der Waals surface area contributed by atoms with E-state index in [0.717, 1.165) is 11.3 Å². The summed E-state index contributed by atoms with van der Waals surface area (Å²) in [4.78, 5) is 117. The van der Waals surface area contributed by atoms with Crippen molar-refractivity contribution in [1.82, 2.24) is 40.6 Å². The smallest absolute Gasteiger partial charge is 0.333 e. The molecule has 6 amide bonds. The van der Waals surface area contributed by atoms with Crippen LogP contribution >= 0.6 is 0 Å². The van der Waals surface area contributed by atoms with Crippen molar-refractivity contribution in [3.05, 3.63) is 119 Å². The van der Waals surface area contributed by atoms with Gasteiger partial charge in [-0.2, -0.15) is 0 Å². The molecule has 3 aliphatic heterocycles. The summed E-state index contributed by atoms with van der Waals surface area (Å²) in [6.45, 7) is 5.00. The highest BCUT2D eigenvalue weighted by Gasteiger charge is 2.46. The van der Waals surface area contributed by atoms with E-state index in [1.165, 1.54) is 47.0 Å². The summed E-state index contributed by atoms with van der Waals surface area (Å²) in [6.07, 6.45) is 0.681. The standard InChI is InChI=1S/C49H57N9O9/c1-7-34-46(63)57-24-12-15-36(57)47(64)56(6)38(25-30-18-21-33(22-19-30)55(4)5)48(65)58-27-32-20-17-28(2)51-35(32)26-37(58)43(60)54-41(31-13-9-8-10-14-31)49(66)67-29(3)40(44(61)52-34)53-45(62)42-39(59)16-11-23-50-42/h8-11,13-14,16-23,29,34,36-38,40-41,59H,7,12,15,24-27H2,1-6H3,(H,52,61)(H,53,62)(H,54,60)/t29-,34-,36+,37+,38+,40+,41+/m1/s1. The van der Waals surface area contributed by atoms with Gasteiger partial charge in [-0.3, -0.25) is 33.8 Å². The Morgan fingerprint density at radius 3 is 2.30 bits per heavy atom. The second-order valence-corrected chi connectivity index (χ2v) is 17.5. The number of nitrogens with zero attached hydrogens (tertiary/aromatic N) is 6. The first kappa shape index (κ1) is 47.6. The van der Waals surface area contributed by atoms with E-state index in [0.29, 0.717) is 28.9 Å². The van der Waals surface area contributed by atoms with Crippen molar-refractivity contribution in [1.29, 1.82) is 0 Å². The Bertz CT molecular complexity index is 2520. The lowest BCUT2D eigenvalue weighted by molar-refractivity contribution is -0.156. The van der Waals surface area contributed by atoms with Crippen LogP contribution in [0.2, 0.25) is 0 Å². The minimum atomic E-state index is -1.67. The molecule has 2 aromatic heterocycles. The molecule has 0 aliphatic carbocycles. The number of hydrogen-bond acceptors (Lipinski definition) is 12. The molecule has 0 spiro atoms. The summed E-state index contributed by atoms with van der Waals surface area (Å²) in [6, 6.07) is 14.4. The number of aromatic nitrogens is 2. The van der Waals surface area contributed by atoms with Gasteiger partial charge in [-0.25, -0.2) is 9.78 Å². The molecular weight excluding hydrogens is 859 g/mol. The summed E-state index contributed by atoms with van der Waals surface area (Å²) in [5, 5.41) is 18.5. The monoisotopic (exact) mass is 915 g/mol. The predicted octanol–water partition coefficient (Wildman–Crippen LogP) is 2.37. The van der Waals surface area contributed by atoms with Gasteiger partial charge < -0.3 is 45.4 Å². The first-order valence-electron chi connectivity index (χ1n) is 22.5. The summed E-state index contributed by atoms with van der Waals surface area (Å²) in [7, 11) is 5.34. The molecule has 352 valence electrons. The predicted molar refractivity (Wildman–Crippen MR) is 245 cm³/mol. The van der Waals surface area contributed by atoms with Crippen molar-refractivity contribution >= 4 is 47.1 Å². The van der Waals surface area contributed by atoms with Crippen molar-refractivity contribution in [3.8, 4) is 5.75 Å². The van der Waals surface area contributed by atoms with Crippen LogP contribution in [0.3, 0.4) is 0 Å². The minimum absolute atomic E-state index is 0.0264. The van der Waals surface area contributed by atoms with Crippen LogP contribution in [0.15, 0.2) is 85.1 Å². The zero-order valence-electron chi connectivity index (χ0n) is 38.5. The van der Waals surface area contributed by atoms with E-state index in [9.17, 15) is 33.9 Å². The molecule has 0 unspecified atom stereocenters. The van der Waals surface area contributed by atoms with Crippen LogP contribution in [0, 0.1) is 6.92 Å². The molecular formula is C49H57N9O9. The second kappa shape index (κ2) is 20.4. The molecule has 0 saturated carbocycles. The van der Waals surface area contributed by atoms with Gasteiger partial charge in [0.1, 0.15) is 42.1 Å². The highest BCUT2D eigenvalue weighted by Crippen LogP contribution is 2.29. The van der Waals surface area contributed by atoms with Crippen molar-refractivity contribution in [2.75, 3.05) is 32.6 Å². The number of carbonyl (C=O) groups excluding carboxylic acids is 7. The number of amides is 6. The van der Waals surface area contributed by atoms with Gasteiger partial charge in [0, 0.05) is 70.3 Å². The molecule has 18 heteroatoms. The number of benzene rings is 2. The van der Waals surface area contributed by atoms with Crippen molar-refractivity contribution < 1.29 is 43.4 Å². The molecule has 3 aliphatic rings. The van der Waals surface area contributed by atoms with Crippen LogP contribution in [0.25, 0.3) is 0 Å². The highest BCUT2D eigenvalue weighted by atomic mass is 16.5. The Labute approximate surface area is 389 Å². The summed E-state index contributed by atoms with van der Waals surface area (Å²) in [5.74, 6) is -5.68. The Kier molecular flexibility index (Phi) is 14.5. The normalized spacial score (nSPS) is 24.2. The third-order valence-electron chi connectivity index (χ3n) is 12.7. The molecule has 0 bridgehead atoms. The number of esters is 1. The van der Waals surface area contributed by atoms with E-state index in [4.69, 9.17) is 9.72 Å². The molecule has 18 nitrogen and oxygen atoms in total. The average molecular weight is 916 g/mol. The maximum absolute atomic E-state index is 15.4. The van der Waals surface area contributed by atoms with Crippen LogP contribution in [0.5, 0.6) is 5.75 Å². The number of carbonyl (C=O) groups is 7. The fraction of sp³-hybridized carbons (Fsp3) is 0.408. The number of hydrogen-bond donors (Lipinski definition) is 4. The lowest BCUT2D eigenvalue weighted by Crippen LogP contribution is -2.61. The first-order valence-corrected chi connectivity index (χ1v) is 22.5. The minimum Gasteiger partial charge on any atom is -0.505 e. The number of anilines is 1. The van der Waals surface area contributed by atoms with E-state index in [1.54, 1.807) is 37.3 Å². The molecule has 4 N–H and O–H groups in total. The van der Waals surface area contributed by atoms with Gasteiger partial charge in [-0.15, -0.1) is 0 Å². The fourth-order valence-corrected chi connectivity index (χ4v) is 8.88. The number of aromatic hydroxyl groups is 1. The number of ether oxygens (including phenoxy) is 1. The van der Waals surface area contributed by atoms with Gasteiger partial charge in [0.15, 0.2) is 11.7 Å². The number of fused-ring (bicyclic) bond motifs is 3. The summed E-state index contributed by atoms with van der Waals surface area (Å²) in [5.41, 5.74) is 3.56. The Hall–Kier alpha value is -7.37. The Morgan fingerprint density at radius 2 is 1.61 bits per heavy atom. The molecule has 2 saturated heterocycles. The lowest BCUT2D eigenvalue weighted by Gasteiger charge is -2.40. The van der Waals surface area contributed by atoms with Crippen molar-refractivity contribution in [2.45, 2.75) is 102 Å². The fourth-order valence-electron chi connectivity index (χ4n) is 8.88. The van der Waals surface area contributed by atoms with E-state index in [1.807, 2.05) is 62.3 Å². The number of pyridine rings is 2. The lowest BCUT2D eigenvalue weighted by atomic mass is 9.94. The summed E-state index contributed by atoms with van der Waals surface area (Å²) < 4.78 is 5.96. The number of likely N-dealkylation sites (N-methyl/N-ethyl adjacent to an activating group) is 1. The topological polar surface area (TPSA) is 224 Å². The first-order chi connectivity index (χ1) is 32.1. The zero-order chi connectivity index (χ0) is 48.1. The van der Waals surface area contributed by atoms with Crippen LogP contribution < -0.4 is 20.9 Å². The van der Waals surface area contributed by atoms with Crippen LogP contribution in [0.4, 0.5) is 5.69 Å². The van der Waals surface area contributed by atoms with Gasteiger partial charge in [0.05, 0.1) is 0 Å². The highest BCUT2D eigenvalue weighted by molar-refractivity contribution is 6.00. The number of nitrogens with one attached hydrogen (secondary N) is 3. The maximum atomic E-state index is 15.4. The number of aryl methyl sites for hydroxylation is 1. The van der Waals surface area contributed by atoms with E-state index < -0.39 is 95.2 Å². The van der Waals surface area contributed by atoms with E-state index in [-0.39, 0.29) is 38.8 Å². The molecule has 7 atom stereocenters. The molecule has 2 fully saturated rings. The molecule has 4 aromatic rings. The average Bonchev–Trinajstić information content (AvgIpc) is 3.82. The van der Waals surface area contributed by atoms with Crippen LogP contribution in [0.1, 0.15) is 77.7 Å². The van der Waals surface area contributed by atoms with Crippen molar-refractivity contribution in [2.24, 2.45) is 0 Å². The SMILES string of the molecule is CC[C@H]1NC(=O)[C@@H](NC(=O)c2ncccc2O)[C@@H](C)OC(=O)[C@H](c2ccccc2)NC(=O)[C@@H]2Cc3nc(C)ccc3CN2C(=O)[C@H](Cc2ccc(N(C)C)cc2)N(C)C(=O)[C@@H]2CCCN2C1=O. The third-order valence-corrected chi connectivity index (χ3v) is 12.7. The molecule has 67 heavy (non-hydrogen) atoms. The molecule has 0 radical (unpaired) electrons. The van der Waals surface area contributed by atoms with Crippen molar-refractivity contribution in [3.63, 3.8) is 0 Å². The maximum Gasteiger partial charge on any atom is 0.333 e. The summed E-state index contributed by atoms with van der Waals surface area (Å²) >= 11 is 0. The van der Waals surface area contributed by atoms with Gasteiger partial charge in [0.2, 0.25) is 29.5 Å². The third kappa shape index (κ3) is 10.4. The van der Waals surface area contributed by atoms with E-state index >= 15 is 4.79 Å². The van der Waals surface area contributed by atoms with Gasteiger partial charge >= 0.3 is 5.97 Å². The van der Waals surface area contributed by atoms with Crippen LogP contribution in [-0.2, 0) is 52.9 Å². The largest absolute Gasteiger partial charge is 0.505 e. The van der Waals surface area contributed by atoms with Gasteiger partial charge in [0.25, 0.3) is 5.91 Å². The molecule has 2 aromatic carbocycles. The molecule has 5 heterocycles. The Morgan fingerprint density at radius 1 is 0.881 bits per heavy atom. The number of cyclic esters (lactones) is 1. The number of rotatable bonds is 7. The van der Waals surface area contributed by atoms with Gasteiger partial charge in [-0.05, 0) is 80.1 Å². The van der Waals surface area contributed by atoms with Crippen LogP contribution in [-0.4, -0.2) is 135 Å². The van der Waals surface area contributed by atoms with E-state index in [2.05, 4.69) is 20.9 Å². The van der Waals surface area contributed by atoms with Gasteiger partial charge in [-0.1, -0.05) is 55.5 Å². The quantitative estimate of drug-likeness (QED) is 0.196. The Balaban J connectivity index is 1.34. The zero-order valence-corrected chi connectivity index (χ0v) is 38.5. The second-order valence-electron chi connectivity index (χ2n) is 17.5.